The largest absolute Gasteiger partial charge is 0.337 e. The molecule has 116 valence electrons. The van der Waals surface area contributed by atoms with Crippen LogP contribution < -0.4 is 5.73 Å². The van der Waals surface area contributed by atoms with Gasteiger partial charge >= 0.3 is 0 Å². The molecule has 0 aromatic heterocycles. The first-order valence-corrected chi connectivity index (χ1v) is 7.97. The van der Waals surface area contributed by atoms with Crippen LogP contribution in [0.4, 0.5) is 0 Å². The van der Waals surface area contributed by atoms with Gasteiger partial charge in [-0.1, -0.05) is 15.9 Å². The quantitative estimate of drug-likeness (QED) is 0.809. The van der Waals surface area contributed by atoms with Crippen molar-refractivity contribution < 1.29 is 14.4 Å². The second-order valence-corrected chi connectivity index (χ2v) is 6.42. The Kier molecular flexibility index (Phi) is 4.01. The summed E-state index contributed by atoms with van der Waals surface area (Å²) in [5, 5.41) is 0. The smallest absolute Gasteiger partial charge is 0.262 e. The monoisotopic (exact) mass is 365 g/mol. The lowest BCUT2D eigenvalue weighted by molar-refractivity contribution is -0.132. The highest BCUT2D eigenvalue weighted by atomic mass is 79.9. The first-order chi connectivity index (χ1) is 10.5. The van der Waals surface area contributed by atoms with Gasteiger partial charge in [-0.05, 0) is 31.0 Å². The molecule has 7 heteroatoms. The van der Waals surface area contributed by atoms with Crippen molar-refractivity contribution in [1.29, 1.82) is 0 Å². The molecule has 6 nitrogen and oxygen atoms in total. The van der Waals surface area contributed by atoms with Gasteiger partial charge in [0.15, 0.2) is 0 Å². The summed E-state index contributed by atoms with van der Waals surface area (Å²) in [6.07, 6.45) is 1.78. The van der Waals surface area contributed by atoms with E-state index in [9.17, 15) is 14.4 Å². The summed E-state index contributed by atoms with van der Waals surface area (Å²) in [6.45, 7) is 0.816. The maximum atomic E-state index is 12.4. The molecule has 1 fully saturated rings. The highest BCUT2D eigenvalue weighted by Gasteiger charge is 2.38. The summed E-state index contributed by atoms with van der Waals surface area (Å²) in [4.78, 5) is 39.8. The minimum Gasteiger partial charge on any atom is -0.337 e. The van der Waals surface area contributed by atoms with Crippen LogP contribution in [-0.4, -0.2) is 53.2 Å². The molecule has 1 atom stereocenters. The Bertz CT molecular complexity index is 661. The highest BCUT2D eigenvalue weighted by molar-refractivity contribution is 9.10. The van der Waals surface area contributed by atoms with Gasteiger partial charge in [0.1, 0.15) is 6.54 Å². The second kappa shape index (κ2) is 5.81. The number of carbonyl (C=O) groups is 3. The number of nitrogens with zero attached hydrogens (tertiary/aromatic N) is 2. The van der Waals surface area contributed by atoms with Gasteiger partial charge in [-0.2, -0.15) is 0 Å². The lowest BCUT2D eigenvalue weighted by Gasteiger charge is -2.25. The Morgan fingerprint density at radius 2 is 2.00 bits per heavy atom. The molecule has 2 heterocycles. The average Bonchev–Trinajstić information content (AvgIpc) is 3.06. The van der Waals surface area contributed by atoms with Crippen molar-refractivity contribution in [2.75, 3.05) is 19.6 Å². The zero-order valence-electron chi connectivity index (χ0n) is 11.9. The third-order valence-corrected chi connectivity index (χ3v) is 4.69. The van der Waals surface area contributed by atoms with E-state index >= 15 is 0 Å². The standard InChI is InChI=1S/C15H16BrN3O3/c16-9-3-4-11-12(6-9)15(22)19(14(11)21)8-13(20)18-5-1-2-10(18)7-17/h3-4,6,10H,1-2,5,7-8,17H2. The zero-order valence-corrected chi connectivity index (χ0v) is 13.5. The van der Waals surface area contributed by atoms with Crippen LogP contribution in [-0.2, 0) is 4.79 Å². The Balaban J connectivity index is 1.78. The Morgan fingerprint density at radius 1 is 1.27 bits per heavy atom. The third kappa shape index (κ3) is 2.44. The lowest BCUT2D eigenvalue weighted by atomic mass is 10.1. The van der Waals surface area contributed by atoms with E-state index < -0.39 is 11.8 Å². The van der Waals surface area contributed by atoms with E-state index in [4.69, 9.17) is 5.73 Å². The van der Waals surface area contributed by atoms with E-state index in [1.54, 1.807) is 23.1 Å². The molecule has 2 aliphatic heterocycles. The predicted octanol–water partition coefficient (Wildman–Crippen LogP) is 0.995. The molecule has 0 spiro atoms. The molecular formula is C15H16BrN3O3. The maximum absolute atomic E-state index is 12.4. The van der Waals surface area contributed by atoms with E-state index in [1.165, 1.54) is 0 Å². The van der Waals surface area contributed by atoms with Crippen molar-refractivity contribution in [3.05, 3.63) is 33.8 Å². The molecule has 3 amide bonds. The van der Waals surface area contributed by atoms with Crippen molar-refractivity contribution in [1.82, 2.24) is 9.80 Å². The predicted molar refractivity (Wildman–Crippen MR) is 83.3 cm³/mol. The van der Waals surface area contributed by atoms with E-state index in [0.717, 1.165) is 22.2 Å². The number of rotatable bonds is 3. The molecule has 2 aliphatic rings. The van der Waals surface area contributed by atoms with E-state index in [0.29, 0.717) is 24.2 Å². The molecule has 0 saturated carbocycles. The van der Waals surface area contributed by atoms with Crippen molar-refractivity contribution in [3.63, 3.8) is 0 Å². The molecular weight excluding hydrogens is 350 g/mol. The van der Waals surface area contributed by atoms with Crippen molar-refractivity contribution in [2.45, 2.75) is 18.9 Å². The van der Waals surface area contributed by atoms with Gasteiger partial charge in [0.05, 0.1) is 11.1 Å². The fourth-order valence-corrected chi connectivity index (χ4v) is 3.40. The molecule has 1 aromatic rings. The minimum absolute atomic E-state index is 0.0110. The summed E-state index contributed by atoms with van der Waals surface area (Å²) < 4.78 is 0.725. The minimum atomic E-state index is -0.418. The van der Waals surface area contributed by atoms with Gasteiger partial charge in [0.25, 0.3) is 11.8 Å². The van der Waals surface area contributed by atoms with Crippen LogP contribution in [0, 0.1) is 0 Å². The first-order valence-electron chi connectivity index (χ1n) is 7.18. The van der Waals surface area contributed by atoms with Gasteiger partial charge < -0.3 is 10.6 Å². The van der Waals surface area contributed by atoms with E-state index in [-0.39, 0.29) is 18.5 Å². The number of halogens is 1. The number of hydrogen-bond donors (Lipinski definition) is 1. The van der Waals surface area contributed by atoms with Gasteiger partial charge in [-0.15, -0.1) is 0 Å². The number of fused-ring (bicyclic) bond motifs is 1. The van der Waals surface area contributed by atoms with Crippen molar-refractivity contribution in [3.8, 4) is 0 Å². The summed E-state index contributed by atoms with van der Waals surface area (Å²) in [6, 6.07) is 4.93. The normalized spacial score (nSPS) is 20.7. The topological polar surface area (TPSA) is 83.7 Å². The number of amides is 3. The number of hydrogen-bond acceptors (Lipinski definition) is 4. The fourth-order valence-electron chi connectivity index (χ4n) is 3.04. The van der Waals surface area contributed by atoms with Crippen LogP contribution in [0.25, 0.3) is 0 Å². The maximum Gasteiger partial charge on any atom is 0.262 e. The number of imide groups is 1. The molecule has 1 unspecified atom stereocenters. The summed E-state index contributed by atoms with van der Waals surface area (Å²) >= 11 is 3.28. The van der Waals surface area contributed by atoms with Crippen molar-refractivity contribution in [2.24, 2.45) is 5.73 Å². The van der Waals surface area contributed by atoms with Gasteiger partial charge in [0.2, 0.25) is 5.91 Å². The molecule has 0 aliphatic carbocycles. The van der Waals surface area contributed by atoms with Gasteiger partial charge in [-0.3, -0.25) is 19.3 Å². The molecule has 0 radical (unpaired) electrons. The number of likely N-dealkylation sites (tertiary alicyclic amines) is 1. The molecule has 22 heavy (non-hydrogen) atoms. The Labute approximate surface area is 136 Å². The summed E-state index contributed by atoms with van der Waals surface area (Å²) in [5.74, 6) is -1.05. The Morgan fingerprint density at radius 3 is 2.73 bits per heavy atom. The van der Waals surface area contributed by atoms with Crippen LogP contribution in [0.2, 0.25) is 0 Å². The van der Waals surface area contributed by atoms with E-state index in [2.05, 4.69) is 15.9 Å². The number of benzene rings is 1. The second-order valence-electron chi connectivity index (χ2n) is 5.51. The number of carbonyl (C=O) groups excluding carboxylic acids is 3. The van der Waals surface area contributed by atoms with Crippen molar-refractivity contribution >= 4 is 33.7 Å². The molecule has 0 bridgehead atoms. The van der Waals surface area contributed by atoms with Crippen LogP contribution in [0.5, 0.6) is 0 Å². The van der Waals surface area contributed by atoms with Crippen LogP contribution in [0.15, 0.2) is 22.7 Å². The van der Waals surface area contributed by atoms with Crippen LogP contribution >= 0.6 is 15.9 Å². The number of nitrogens with two attached hydrogens (primary N) is 1. The SMILES string of the molecule is NCC1CCCN1C(=O)CN1C(=O)c2ccc(Br)cc2C1=O. The fraction of sp³-hybridized carbons (Fsp3) is 0.400. The molecule has 2 N–H and O–H groups in total. The summed E-state index contributed by atoms with van der Waals surface area (Å²) in [7, 11) is 0. The molecule has 3 rings (SSSR count). The molecule has 1 saturated heterocycles. The molecule has 1 aromatic carbocycles. The third-order valence-electron chi connectivity index (χ3n) is 4.20. The highest BCUT2D eigenvalue weighted by Crippen LogP contribution is 2.26. The van der Waals surface area contributed by atoms with Gasteiger partial charge in [0, 0.05) is 23.6 Å². The van der Waals surface area contributed by atoms with Crippen LogP contribution in [0.1, 0.15) is 33.6 Å². The van der Waals surface area contributed by atoms with E-state index in [1.807, 2.05) is 0 Å². The average molecular weight is 366 g/mol. The van der Waals surface area contributed by atoms with Gasteiger partial charge in [-0.25, -0.2) is 0 Å². The first kappa shape index (κ1) is 15.2. The van der Waals surface area contributed by atoms with Crippen LogP contribution in [0.3, 0.4) is 0 Å². The summed E-state index contributed by atoms with van der Waals surface area (Å²) in [5.41, 5.74) is 6.35. The lowest BCUT2D eigenvalue weighted by Crippen LogP contribution is -2.46. The zero-order chi connectivity index (χ0) is 15.9. The Hall–Kier alpha value is -1.73.